The molecule has 0 bridgehead atoms. The lowest BCUT2D eigenvalue weighted by Gasteiger charge is -2.08. The van der Waals surface area contributed by atoms with Crippen molar-refractivity contribution in [2.45, 2.75) is 26.2 Å². The lowest BCUT2D eigenvalue weighted by Crippen LogP contribution is -2.18. The fourth-order valence-electron chi connectivity index (χ4n) is 2.72. The third kappa shape index (κ3) is 4.42. The van der Waals surface area contributed by atoms with E-state index >= 15 is 0 Å². The average Bonchev–Trinajstić information content (AvgIpc) is 3.27. The van der Waals surface area contributed by atoms with E-state index in [9.17, 15) is 28.1 Å². The van der Waals surface area contributed by atoms with E-state index in [1.54, 1.807) is 6.92 Å². The first-order valence-electron chi connectivity index (χ1n) is 8.39. The van der Waals surface area contributed by atoms with Crippen LogP contribution in [0, 0.1) is 10.1 Å². The number of halogens is 3. The minimum atomic E-state index is -4.45. The Bertz CT molecular complexity index is 1060. The van der Waals surface area contributed by atoms with Crippen LogP contribution in [0.1, 0.15) is 28.5 Å². The Balaban J connectivity index is 1.76. The first-order valence-corrected chi connectivity index (χ1v) is 8.39. The highest BCUT2D eigenvalue weighted by Gasteiger charge is 2.30. The number of rotatable bonds is 6. The minimum Gasteiger partial charge on any atom is -0.318 e. The zero-order valence-electron chi connectivity index (χ0n) is 15.1. The minimum absolute atomic E-state index is 0.0484. The van der Waals surface area contributed by atoms with Crippen LogP contribution < -0.4 is 5.32 Å². The van der Waals surface area contributed by atoms with E-state index < -0.39 is 28.3 Å². The van der Waals surface area contributed by atoms with Crippen molar-refractivity contribution in [3.63, 3.8) is 0 Å². The molecule has 0 aliphatic carbocycles. The molecular formula is C17H15F3N6O3. The number of amides is 1. The first kappa shape index (κ1) is 20.0. The molecule has 0 aliphatic rings. The van der Waals surface area contributed by atoms with Crippen molar-refractivity contribution in [2.75, 3.05) is 5.32 Å². The van der Waals surface area contributed by atoms with Crippen LogP contribution in [-0.4, -0.2) is 30.4 Å². The number of nitrogens with zero attached hydrogens (tertiary/aromatic N) is 5. The molecule has 0 saturated carbocycles. The van der Waals surface area contributed by atoms with Crippen molar-refractivity contribution in [1.29, 1.82) is 0 Å². The molecule has 3 rings (SSSR count). The van der Waals surface area contributed by atoms with Crippen LogP contribution in [0.2, 0.25) is 0 Å². The van der Waals surface area contributed by atoms with E-state index in [0.717, 1.165) is 18.3 Å². The predicted octanol–water partition coefficient (Wildman–Crippen LogP) is 3.33. The molecule has 1 N–H and O–H groups in total. The van der Waals surface area contributed by atoms with Gasteiger partial charge in [0.15, 0.2) is 0 Å². The quantitative estimate of drug-likeness (QED) is 0.497. The molecule has 3 aromatic rings. The lowest BCUT2D eigenvalue weighted by molar-refractivity contribution is -0.385. The number of nitrogens with one attached hydrogen (secondary N) is 1. The largest absolute Gasteiger partial charge is 0.416 e. The standard InChI is InChI=1S/C17H15F3N6O3/c1-2-25-15(14(8-22-25)26(28)29)16(27)23-13-7-21-24(10-13)9-11-4-3-5-12(6-11)17(18,19)20/h3-8,10H,2,9H2,1H3,(H,23,27). The summed E-state index contributed by atoms with van der Waals surface area (Å²) in [7, 11) is 0. The zero-order chi connectivity index (χ0) is 21.2. The molecule has 0 atom stereocenters. The highest BCUT2D eigenvalue weighted by Crippen LogP contribution is 2.29. The molecule has 2 aromatic heterocycles. The summed E-state index contributed by atoms with van der Waals surface area (Å²) in [6.45, 7) is 1.98. The molecule has 1 amide bonds. The summed E-state index contributed by atoms with van der Waals surface area (Å²) in [6, 6.07) is 4.82. The SMILES string of the molecule is CCn1ncc([N+](=O)[O-])c1C(=O)Nc1cnn(Cc2cccc(C(F)(F)F)c2)c1. The van der Waals surface area contributed by atoms with Gasteiger partial charge in [-0.3, -0.25) is 24.3 Å². The summed E-state index contributed by atoms with van der Waals surface area (Å²) in [5, 5.41) is 21.4. The molecule has 12 heteroatoms. The molecular weight excluding hydrogens is 393 g/mol. The Morgan fingerprint density at radius 3 is 2.69 bits per heavy atom. The number of nitro groups is 1. The number of carbonyl (C=O) groups is 1. The maximum absolute atomic E-state index is 12.8. The van der Waals surface area contributed by atoms with Gasteiger partial charge in [-0.25, -0.2) is 0 Å². The topological polar surface area (TPSA) is 108 Å². The predicted molar refractivity (Wildman–Crippen MR) is 95.3 cm³/mol. The zero-order valence-corrected chi connectivity index (χ0v) is 15.1. The molecule has 0 unspecified atom stereocenters. The molecule has 0 aliphatic heterocycles. The number of benzene rings is 1. The third-order valence-corrected chi connectivity index (χ3v) is 4.02. The highest BCUT2D eigenvalue weighted by molar-refractivity contribution is 6.05. The number of hydrogen-bond acceptors (Lipinski definition) is 5. The number of aryl methyl sites for hydroxylation is 1. The molecule has 0 spiro atoms. The maximum atomic E-state index is 12.8. The Morgan fingerprint density at radius 1 is 1.28 bits per heavy atom. The summed E-state index contributed by atoms with van der Waals surface area (Å²) < 4.78 is 41.0. The Hall–Kier alpha value is -3.70. The van der Waals surface area contributed by atoms with Gasteiger partial charge in [0, 0.05) is 12.7 Å². The van der Waals surface area contributed by atoms with Gasteiger partial charge in [-0.1, -0.05) is 12.1 Å². The van der Waals surface area contributed by atoms with Crippen LogP contribution in [0.4, 0.5) is 24.5 Å². The summed E-state index contributed by atoms with van der Waals surface area (Å²) in [5.74, 6) is -0.741. The van der Waals surface area contributed by atoms with Gasteiger partial charge in [-0.05, 0) is 24.6 Å². The number of carbonyl (C=O) groups excluding carboxylic acids is 1. The van der Waals surface area contributed by atoms with Gasteiger partial charge in [-0.15, -0.1) is 0 Å². The fraction of sp³-hybridized carbons (Fsp3) is 0.235. The van der Waals surface area contributed by atoms with Crippen molar-refractivity contribution in [1.82, 2.24) is 19.6 Å². The molecule has 0 saturated heterocycles. The third-order valence-electron chi connectivity index (χ3n) is 4.02. The summed E-state index contributed by atoms with van der Waals surface area (Å²) in [6.07, 6.45) is -0.744. The Kier molecular flexibility index (Phi) is 5.35. The van der Waals surface area contributed by atoms with Gasteiger partial charge in [-0.2, -0.15) is 23.4 Å². The molecule has 0 fully saturated rings. The fourth-order valence-corrected chi connectivity index (χ4v) is 2.72. The van der Waals surface area contributed by atoms with Gasteiger partial charge in [0.2, 0.25) is 5.69 Å². The molecule has 152 valence electrons. The second kappa shape index (κ2) is 7.73. The second-order valence-corrected chi connectivity index (χ2v) is 6.03. The second-order valence-electron chi connectivity index (χ2n) is 6.03. The van der Waals surface area contributed by atoms with Crippen molar-refractivity contribution >= 4 is 17.3 Å². The molecule has 2 heterocycles. The van der Waals surface area contributed by atoms with E-state index in [2.05, 4.69) is 15.5 Å². The average molecular weight is 408 g/mol. The van der Waals surface area contributed by atoms with Crippen molar-refractivity contribution in [3.8, 4) is 0 Å². The van der Waals surface area contributed by atoms with Crippen molar-refractivity contribution in [3.05, 3.63) is 69.8 Å². The van der Waals surface area contributed by atoms with Crippen molar-refractivity contribution in [2.24, 2.45) is 0 Å². The van der Waals surface area contributed by atoms with Gasteiger partial charge in [0.05, 0.1) is 28.9 Å². The Morgan fingerprint density at radius 2 is 2.03 bits per heavy atom. The van der Waals surface area contributed by atoms with Crippen LogP contribution in [0.15, 0.2) is 42.9 Å². The molecule has 29 heavy (non-hydrogen) atoms. The van der Waals surface area contributed by atoms with Crippen LogP contribution >= 0.6 is 0 Å². The summed E-state index contributed by atoms with van der Waals surface area (Å²) in [4.78, 5) is 22.9. The van der Waals surface area contributed by atoms with E-state index in [1.165, 1.54) is 33.9 Å². The number of anilines is 1. The lowest BCUT2D eigenvalue weighted by atomic mass is 10.1. The van der Waals surface area contributed by atoms with Gasteiger partial charge < -0.3 is 5.32 Å². The summed E-state index contributed by atoms with van der Waals surface area (Å²) >= 11 is 0. The maximum Gasteiger partial charge on any atom is 0.416 e. The number of aromatic nitrogens is 4. The monoisotopic (exact) mass is 408 g/mol. The van der Waals surface area contributed by atoms with Crippen LogP contribution in [0.3, 0.4) is 0 Å². The van der Waals surface area contributed by atoms with Gasteiger partial charge in [0.25, 0.3) is 5.91 Å². The Labute approximate surface area is 161 Å². The number of alkyl halides is 3. The van der Waals surface area contributed by atoms with E-state index in [0.29, 0.717) is 5.56 Å². The van der Waals surface area contributed by atoms with E-state index in [1.807, 2.05) is 0 Å². The number of hydrogen-bond donors (Lipinski definition) is 1. The molecule has 9 nitrogen and oxygen atoms in total. The first-order chi connectivity index (χ1) is 13.7. The normalized spacial score (nSPS) is 11.4. The van der Waals surface area contributed by atoms with Crippen LogP contribution in [0.25, 0.3) is 0 Å². The smallest absolute Gasteiger partial charge is 0.318 e. The highest BCUT2D eigenvalue weighted by atomic mass is 19.4. The van der Waals surface area contributed by atoms with Crippen LogP contribution in [-0.2, 0) is 19.3 Å². The van der Waals surface area contributed by atoms with E-state index in [-0.39, 0.29) is 24.5 Å². The van der Waals surface area contributed by atoms with Gasteiger partial charge in [0.1, 0.15) is 6.20 Å². The van der Waals surface area contributed by atoms with Crippen LogP contribution in [0.5, 0.6) is 0 Å². The van der Waals surface area contributed by atoms with Gasteiger partial charge >= 0.3 is 11.9 Å². The van der Waals surface area contributed by atoms with E-state index in [4.69, 9.17) is 0 Å². The summed E-state index contributed by atoms with van der Waals surface area (Å²) in [5.41, 5.74) is -0.791. The molecule has 0 radical (unpaired) electrons. The molecule has 1 aromatic carbocycles. The van der Waals surface area contributed by atoms with Crippen molar-refractivity contribution < 1.29 is 22.9 Å².